The van der Waals surface area contributed by atoms with Crippen LogP contribution in [0.1, 0.15) is 16.9 Å². The molecule has 3 rings (SSSR count). The predicted molar refractivity (Wildman–Crippen MR) is 90.9 cm³/mol. The van der Waals surface area contributed by atoms with Crippen LogP contribution in [0.2, 0.25) is 5.02 Å². The Morgan fingerprint density at radius 2 is 2.04 bits per heavy atom. The molecule has 126 valence electrons. The number of nitro groups is 1. The maximum Gasteiger partial charge on any atom is 0.320 e. The van der Waals surface area contributed by atoms with E-state index in [1.807, 2.05) is 18.0 Å². The highest BCUT2D eigenvalue weighted by Crippen LogP contribution is 2.35. The van der Waals surface area contributed by atoms with Crippen molar-refractivity contribution in [1.82, 2.24) is 9.78 Å². The summed E-state index contributed by atoms with van der Waals surface area (Å²) in [6, 6.07) is 5.30. The first-order chi connectivity index (χ1) is 11.4. The molecule has 2 heterocycles. The molecular weight excluding hydrogens is 334 g/mol. The van der Waals surface area contributed by atoms with Crippen LogP contribution in [0, 0.1) is 10.1 Å². The molecule has 2 aromatic rings. The van der Waals surface area contributed by atoms with Crippen molar-refractivity contribution >= 4 is 34.6 Å². The second-order valence-corrected chi connectivity index (χ2v) is 6.10. The number of halogens is 1. The monoisotopic (exact) mass is 349 g/mol. The molecular formula is C15H16ClN5O3. The number of anilines is 2. The fourth-order valence-corrected chi connectivity index (χ4v) is 3.01. The Morgan fingerprint density at radius 3 is 2.75 bits per heavy atom. The number of aromatic nitrogens is 2. The number of hydrogen-bond donors (Lipinski definition) is 0. The fourth-order valence-electron chi connectivity index (χ4n) is 2.84. The number of amides is 1. The molecule has 1 amide bonds. The second-order valence-electron chi connectivity index (χ2n) is 5.66. The molecule has 9 heteroatoms. The van der Waals surface area contributed by atoms with Crippen LogP contribution < -0.4 is 9.80 Å². The first kappa shape index (κ1) is 16.3. The number of nitrogens with zero attached hydrogens (tertiary/aromatic N) is 5. The summed E-state index contributed by atoms with van der Waals surface area (Å²) in [7, 11) is 3.48. The maximum atomic E-state index is 13.0. The van der Waals surface area contributed by atoms with Crippen molar-refractivity contribution in [3.8, 4) is 0 Å². The molecule has 1 aliphatic rings. The lowest BCUT2D eigenvalue weighted by Crippen LogP contribution is -2.32. The van der Waals surface area contributed by atoms with Gasteiger partial charge >= 0.3 is 5.69 Å². The minimum absolute atomic E-state index is 0.169. The number of hydrogen-bond acceptors (Lipinski definition) is 5. The standard InChI is InChI=1S/C15H16ClN5O3/c1-18-6-3-7-20(12-8-10(16)4-5-11(12)18)15(22)14-13(21(23)24)9-19(2)17-14/h4-5,8-9H,3,6-7H2,1-2H3. The van der Waals surface area contributed by atoms with Crippen molar-refractivity contribution in [2.45, 2.75) is 6.42 Å². The quantitative estimate of drug-likeness (QED) is 0.614. The number of rotatable bonds is 2. The lowest BCUT2D eigenvalue weighted by molar-refractivity contribution is -0.385. The van der Waals surface area contributed by atoms with Crippen LogP contribution in [0.25, 0.3) is 0 Å². The topological polar surface area (TPSA) is 84.5 Å². The third kappa shape index (κ3) is 2.80. The third-order valence-electron chi connectivity index (χ3n) is 3.97. The number of carbonyl (C=O) groups excluding carboxylic acids is 1. The molecule has 1 aromatic carbocycles. The van der Waals surface area contributed by atoms with Crippen LogP contribution in [0.4, 0.5) is 17.1 Å². The number of aryl methyl sites for hydroxylation is 1. The number of carbonyl (C=O) groups is 1. The van der Waals surface area contributed by atoms with Gasteiger partial charge in [-0.2, -0.15) is 5.10 Å². The van der Waals surface area contributed by atoms with Gasteiger partial charge in [-0.1, -0.05) is 11.6 Å². The minimum atomic E-state index is -0.594. The molecule has 8 nitrogen and oxygen atoms in total. The Bertz CT molecular complexity index is 819. The zero-order chi connectivity index (χ0) is 17.4. The van der Waals surface area contributed by atoms with Gasteiger partial charge in [0.15, 0.2) is 0 Å². The van der Waals surface area contributed by atoms with Gasteiger partial charge < -0.3 is 9.80 Å². The van der Waals surface area contributed by atoms with E-state index in [1.165, 1.54) is 15.8 Å². The maximum absolute atomic E-state index is 13.0. The van der Waals surface area contributed by atoms with Crippen LogP contribution in [0.5, 0.6) is 0 Å². The van der Waals surface area contributed by atoms with Gasteiger partial charge in [0.25, 0.3) is 5.91 Å². The summed E-state index contributed by atoms with van der Waals surface area (Å²) in [5, 5.41) is 15.7. The van der Waals surface area contributed by atoms with Gasteiger partial charge in [-0.25, -0.2) is 0 Å². The summed E-state index contributed by atoms with van der Waals surface area (Å²) in [6.45, 7) is 1.20. The molecule has 0 saturated carbocycles. The summed E-state index contributed by atoms with van der Waals surface area (Å²) in [6.07, 6.45) is 1.96. The fraction of sp³-hybridized carbons (Fsp3) is 0.333. The molecule has 0 radical (unpaired) electrons. The second kappa shape index (κ2) is 6.12. The predicted octanol–water partition coefficient (Wildman–Crippen LogP) is 2.47. The molecule has 0 aliphatic carbocycles. The highest BCUT2D eigenvalue weighted by Gasteiger charge is 2.32. The van der Waals surface area contributed by atoms with Crippen molar-refractivity contribution in [1.29, 1.82) is 0 Å². The van der Waals surface area contributed by atoms with Gasteiger partial charge in [0.1, 0.15) is 6.20 Å². The summed E-state index contributed by atoms with van der Waals surface area (Å²) in [5.41, 5.74) is 1.01. The number of fused-ring (bicyclic) bond motifs is 1. The minimum Gasteiger partial charge on any atom is -0.373 e. The summed E-state index contributed by atoms with van der Waals surface area (Å²) in [5.74, 6) is -0.499. The van der Waals surface area contributed by atoms with Crippen molar-refractivity contribution in [3.63, 3.8) is 0 Å². The van der Waals surface area contributed by atoms with E-state index in [0.717, 1.165) is 18.7 Å². The van der Waals surface area contributed by atoms with Crippen molar-refractivity contribution < 1.29 is 9.72 Å². The third-order valence-corrected chi connectivity index (χ3v) is 4.20. The zero-order valence-corrected chi connectivity index (χ0v) is 14.0. The Balaban J connectivity index is 2.09. The van der Waals surface area contributed by atoms with Crippen LogP contribution in [0.3, 0.4) is 0 Å². The molecule has 0 atom stereocenters. The average Bonchev–Trinajstić information content (AvgIpc) is 2.85. The van der Waals surface area contributed by atoms with E-state index in [9.17, 15) is 14.9 Å². The highest BCUT2D eigenvalue weighted by molar-refractivity contribution is 6.31. The van der Waals surface area contributed by atoms with Gasteiger partial charge in [0.2, 0.25) is 5.69 Å². The first-order valence-corrected chi connectivity index (χ1v) is 7.77. The molecule has 1 aromatic heterocycles. The van der Waals surface area contributed by atoms with Crippen molar-refractivity contribution in [2.75, 3.05) is 29.9 Å². The van der Waals surface area contributed by atoms with Crippen molar-refractivity contribution in [3.05, 3.63) is 45.2 Å². The zero-order valence-electron chi connectivity index (χ0n) is 13.3. The molecule has 0 N–H and O–H groups in total. The molecule has 24 heavy (non-hydrogen) atoms. The normalized spacial score (nSPS) is 14.3. The van der Waals surface area contributed by atoms with E-state index in [0.29, 0.717) is 17.3 Å². The summed E-state index contributed by atoms with van der Waals surface area (Å²) in [4.78, 5) is 27.1. The van der Waals surface area contributed by atoms with Crippen molar-refractivity contribution in [2.24, 2.45) is 7.05 Å². The lowest BCUT2D eigenvalue weighted by Gasteiger charge is -2.23. The van der Waals surface area contributed by atoms with Crippen LogP contribution in [0.15, 0.2) is 24.4 Å². The molecule has 0 bridgehead atoms. The van der Waals surface area contributed by atoms with Gasteiger partial charge in [0, 0.05) is 32.2 Å². The van der Waals surface area contributed by atoms with Gasteiger partial charge in [-0.3, -0.25) is 19.6 Å². The Kier molecular flexibility index (Phi) is 4.15. The van der Waals surface area contributed by atoms with E-state index in [1.54, 1.807) is 19.2 Å². The first-order valence-electron chi connectivity index (χ1n) is 7.39. The van der Waals surface area contributed by atoms with Gasteiger partial charge in [0.05, 0.1) is 16.3 Å². The van der Waals surface area contributed by atoms with Crippen LogP contribution in [-0.2, 0) is 7.05 Å². The summed E-state index contributed by atoms with van der Waals surface area (Å²) >= 11 is 6.10. The molecule has 0 unspecified atom stereocenters. The number of benzene rings is 1. The molecule has 0 spiro atoms. The molecule has 1 aliphatic heterocycles. The van der Waals surface area contributed by atoms with Crippen LogP contribution in [-0.4, -0.2) is 40.7 Å². The Morgan fingerprint density at radius 1 is 1.29 bits per heavy atom. The summed E-state index contributed by atoms with van der Waals surface area (Å²) < 4.78 is 1.27. The molecule has 0 saturated heterocycles. The smallest absolute Gasteiger partial charge is 0.320 e. The van der Waals surface area contributed by atoms with E-state index >= 15 is 0 Å². The lowest BCUT2D eigenvalue weighted by atomic mass is 10.2. The van der Waals surface area contributed by atoms with Gasteiger partial charge in [-0.15, -0.1) is 0 Å². The van der Waals surface area contributed by atoms with Gasteiger partial charge in [-0.05, 0) is 24.6 Å². The molecule has 0 fully saturated rings. The SMILES string of the molecule is CN1CCCN(C(=O)c2nn(C)cc2[N+](=O)[O-])c2cc(Cl)ccc21. The highest BCUT2D eigenvalue weighted by atomic mass is 35.5. The largest absolute Gasteiger partial charge is 0.373 e. The van der Waals surface area contributed by atoms with E-state index in [-0.39, 0.29) is 11.4 Å². The Labute approximate surface area is 143 Å². The van der Waals surface area contributed by atoms with E-state index < -0.39 is 10.8 Å². The Hall–Kier alpha value is -2.61. The average molecular weight is 350 g/mol. The van der Waals surface area contributed by atoms with Crippen LogP contribution >= 0.6 is 11.6 Å². The van der Waals surface area contributed by atoms with E-state index in [4.69, 9.17) is 11.6 Å². The van der Waals surface area contributed by atoms with E-state index in [2.05, 4.69) is 5.10 Å².